The number of benzene rings is 6. The molecule has 9 rings (SSSR count). The lowest BCUT2D eigenvalue weighted by Gasteiger charge is -2.15. The van der Waals surface area contributed by atoms with E-state index in [1.54, 1.807) is 0 Å². The SMILES string of the molecule is C=C/C=C\c1c(C)c2ccc3c4cc(-c5cc(C#N)ccc5-n5c6ccccc6c6cc(C#N)ccc65)ccc4sc3c2n1-c1ccccc1. The number of aryl methyl sites for hydroxylation is 1. The smallest absolute Gasteiger partial charge is 0.0991 e. The standard InChI is InChI=1S/C45H28N4S/c1-3-4-13-39-28(2)33-18-19-35-38-25-31(17-22-43(38)50-45(35)44(33)48(39)32-10-6-5-7-11-32)36-23-29(26-46)15-20-41(36)49-40-14-9-8-12-34(40)37-24-30(27-47)16-21-42(37)49/h3-25H,1H2,2H3/b13-4-. The second-order valence-corrected chi connectivity index (χ2v) is 13.5. The Hall–Kier alpha value is -6.66. The van der Waals surface area contributed by atoms with Gasteiger partial charge in [-0.3, -0.25) is 0 Å². The van der Waals surface area contributed by atoms with Crippen LogP contribution in [0.5, 0.6) is 0 Å². The second-order valence-electron chi connectivity index (χ2n) is 12.5. The monoisotopic (exact) mass is 656 g/mol. The molecule has 3 aromatic heterocycles. The van der Waals surface area contributed by atoms with Crippen LogP contribution in [0.25, 0.3) is 81.5 Å². The maximum atomic E-state index is 10.0. The van der Waals surface area contributed by atoms with E-state index in [4.69, 9.17) is 0 Å². The molecule has 0 atom stereocenters. The predicted molar refractivity (Wildman–Crippen MR) is 209 cm³/mol. The van der Waals surface area contributed by atoms with Gasteiger partial charge in [0, 0.05) is 48.6 Å². The summed E-state index contributed by atoms with van der Waals surface area (Å²) in [7, 11) is 0. The number of hydrogen-bond donors (Lipinski definition) is 0. The Kier molecular flexibility index (Phi) is 6.78. The Morgan fingerprint density at radius 3 is 2.22 bits per heavy atom. The Labute approximate surface area is 292 Å². The predicted octanol–water partition coefficient (Wildman–Crippen LogP) is 12.0. The molecule has 5 heteroatoms. The van der Waals surface area contributed by atoms with E-state index in [1.165, 1.54) is 36.6 Å². The normalized spacial score (nSPS) is 11.7. The summed E-state index contributed by atoms with van der Waals surface area (Å²) in [5, 5.41) is 25.4. The Morgan fingerprint density at radius 1 is 0.660 bits per heavy atom. The number of allylic oxidation sites excluding steroid dienone is 2. The summed E-state index contributed by atoms with van der Waals surface area (Å²) in [6.45, 7) is 6.11. The summed E-state index contributed by atoms with van der Waals surface area (Å²) < 4.78 is 7.08. The summed E-state index contributed by atoms with van der Waals surface area (Å²) in [6.07, 6.45) is 5.97. The molecule has 50 heavy (non-hydrogen) atoms. The molecule has 6 aromatic carbocycles. The average molecular weight is 657 g/mol. The molecule has 3 heterocycles. The van der Waals surface area contributed by atoms with Crippen LogP contribution in [0.3, 0.4) is 0 Å². The first-order valence-electron chi connectivity index (χ1n) is 16.4. The van der Waals surface area contributed by atoms with E-state index in [-0.39, 0.29) is 0 Å². The molecule has 0 spiro atoms. The van der Waals surface area contributed by atoms with Crippen molar-refractivity contribution in [2.45, 2.75) is 6.92 Å². The maximum absolute atomic E-state index is 10.0. The van der Waals surface area contributed by atoms with Crippen molar-refractivity contribution in [1.29, 1.82) is 10.5 Å². The van der Waals surface area contributed by atoms with E-state index in [0.29, 0.717) is 11.1 Å². The number of thiophene rings is 1. The fourth-order valence-electron chi connectivity index (χ4n) is 7.48. The van der Waals surface area contributed by atoms with Gasteiger partial charge < -0.3 is 9.13 Å². The van der Waals surface area contributed by atoms with Crippen LogP contribution in [-0.2, 0) is 0 Å². The number of para-hydroxylation sites is 2. The van der Waals surface area contributed by atoms with Crippen molar-refractivity contribution < 1.29 is 0 Å². The summed E-state index contributed by atoms with van der Waals surface area (Å²) in [6, 6.07) is 46.5. The highest BCUT2D eigenvalue weighted by Crippen LogP contribution is 2.44. The van der Waals surface area contributed by atoms with Gasteiger partial charge in [-0.1, -0.05) is 73.3 Å². The lowest BCUT2D eigenvalue weighted by Crippen LogP contribution is -1.98. The quantitative estimate of drug-likeness (QED) is 0.173. The minimum absolute atomic E-state index is 0.601. The van der Waals surface area contributed by atoms with Gasteiger partial charge >= 0.3 is 0 Å². The van der Waals surface area contributed by atoms with Gasteiger partial charge in [0.15, 0.2) is 0 Å². The van der Waals surface area contributed by atoms with Crippen LogP contribution in [-0.4, -0.2) is 9.13 Å². The molecule has 0 N–H and O–H groups in total. The van der Waals surface area contributed by atoms with Gasteiger partial charge in [0.1, 0.15) is 0 Å². The molecule has 0 aliphatic carbocycles. The number of aromatic nitrogens is 2. The first-order chi connectivity index (χ1) is 24.6. The minimum Gasteiger partial charge on any atom is -0.309 e. The van der Waals surface area contributed by atoms with Crippen LogP contribution in [0.1, 0.15) is 22.4 Å². The van der Waals surface area contributed by atoms with E-state index in [0.717, 1.165) is 50.0 Å². The summed E-state index contributed by atoms with van der Waals surface area (Å²) in [5.74, 6) is 0. The summed E-state index contributed by atoms with van der Waals surface area (Å²) in [4.78, 5) is 0. The number of rotatable bonds is 5. The minimum atomic E-state index is 0.601. The molecule has 9 aromatic rings. The van der Waals surface area contributed by atoms with Crippen molar-refractivity contribution in [2.24, 2.45) is 0 Å². The fraction of sp³-hybridized carbons (Fsp3) is 0.0222. The highest BCUT2D eigenvalue weighted by molar-refractivity contribution is 7.26. The molecule has 0 saturated heterocycles. The van der Waals surface area contributed by atoms with Crippen molar-refractivity contribution in [3.8, 4) is 34.6 Å². The van der Waals surface area contributed by atoms with Gasteiger partial charge in [0.2, 0.25) is 0 Å². The van der Waals surface area contributed by atoms with Gasteiger partial charge in [-0.25, -0.2) is 0 Å². The molecule has 0 aliphatic rings. The van der Waals surface area contributed by atoms with E-state index < -0.39 is 0 Å². The van der Waals surface area contributed by atoms with E-state index in [2.05, 4.69) is 114 Å². The molecule has 0 amide bonds. The van der Waals surface area contributed by atoms with E-state index in [1.807, 2.05) is 72.0 Å². The van der Waals surface area contributed by atoms with Crippen molar-refractivity contribution in [3.05, 3.63) is 162 Å². The first kappa shape index (κ1) is 29.5. The number of fused-ring (bicyclic) bond motifs is 8. The third-order valence-electron chi connectivity index (χ3n) is 9.75. The molecule has 0 aliphatic heterocycles. The zero-order valence-corrected chi connectivity index (χ0v) is 28.0. The van der Waals surface area contributed by atoms with Crippen LogP contribution in [0, 0.1) is 29.6 Å². The van der Waals surface area contributed by atoms with Gasteiger partial charge in [-0.05, 0) is 90.9 Å². The molecule has 0 bridgehead atoms. The molecular weight excluding hydrogens is 629 g/mol. The third-order valence-corrected chi connectivity index (χ3v) is 10.9. The van der Waals surface area contributed by atoms with Crippen molar-refractivity contribution in [3.63, 3.8) is 0 Å². The Balaban J connectivity index is 1.32. The lowest BCUT2D eigenvalue weighted by atomic mass is 9.98. The fourth-order valence-corrected chi connectivity index (χ4v) is 8.70. The lowest BCUT2D eigenvalue weighted by molar-refractivity contribution is 1.10. The van der Waals surface area contributed by atoms with Crippen LogP contribution >= 0.6 is 11.3 Å². The van der Waals surface area contributed by atoms with Crippen molar-refractivity contribution >= 4 is 70.3 Å². The Bertz CT molecular complexity index is 2970. The number of nitrogens with zero attached hydrogens (tertiary/aromatic N) is 4. The summed E-state index contributed by atoms with van der Waals surface area (Å²) >= 11 is 1.82. The van der Waals surface area contributed by atoms with E-state index in [9.17, 15) is 10.5 Å². The molecule has 0 radical (unpaired) electrons. The van der Waals surface area contributed by atoms with Gasteiger partial charge in [-0.2, -0.15) is 10.5 Å². The van der Waals surface area contributed by atoms with Gasteiger partial charge in [0.25, 0.3) is 0 Å². The molecule has 0 fully saturated rings. The molecule has 0 saturated carbocycles. The zero-order chi connectivity index (χ0) is 33.9. The highest BCUT2D eigenvalue weighted by atomic mass is 32.1. The maximum Gasteiger partial charge on any atom is 0.0991 e. The van der Waals surface area contributed by atoms with Gasteiger partial charge in [0.05, 0.1) is 50.2 Å². The van der Waals surface area contributed by atoms with Gasteiger partial charge in [-0.15, -0.1) is 11.3 Å². The zero-order valence-electron chi connectivity index (χ0n) is 27.2. The second kappa shape index (κ2) is 11.5. The van der Waals surface area contributed by atoms with Crippen LogP contribution < -0.4 is 0 Å². The third kappa shape index (κ3) is 4.35. The van der Waals surface area contributed by atoms with Crippen molar-refractivity contribution in [2.75, 3.05) is 0 Å². The van der Waals surface area contributed by atoms with Crippen LogP contribution in [0.2, 0.25) is 0 Å². The first-order valence-corrected chi connectivity index (χ1v) is 17.2. The molecular formula is C45H28N4S. The van der Waals surface area contributed by atoms with E-state index >= 15 is 0 Å². The molecule has 234 valence electrons. The molecule has 0 unspecified atom stereocenters. The van der Waals surface area contributed by atoms with Crippen molar-refractivity contribution in [1.82, 2.24) is 9.13 Å². The molecule has 4 nitrogen and oxygen atoms in total. The number of hydrogen-bond acceptors (Lipinski definition) is 3. The Morgan fingerprint density at radius 2 is 1.40 bits per heavy atom. The summed E-state index contributed by atoms with van der Waals surface area (Å²) in [5.41, 5.74) is 11.0. The van der Waals surface area contributed by atoms with Crippen LogP contribution in [0.4, 0.5) is 0 Å². The topological polar surface area (TPSA) is 57.4 Å². The number of nitriles is 2. The largest absolute Gasteiger partial charge is 0.309 e. The average Bonchev–Trinajstić information content (AvgIpc) is 3.80. The highest BCUT2D eigenvalue weighted by Gasteiger charge is 2.21. The van der Waals surface area contributed by atoms with Crippen LogP contribution in [0.15, 0.2) is 140 Å².